The molecule has 1 saturated carbocycles. The maximum absolute atomic E-state index is 11.9. The van der Waals surface area contributed by atoms with Gasteiger partial charge >= 0.3 is 0 Å². The van der Waals surface area contributed by atoms with Gasteiger partial charge in [-0.2, -0.15) is 0 Å². The van der Waals surface area contributed by atoms with Crippen molar-refractivity contribution in [2.24, 2.45) is 0 Å². The number of anilines is 1. The van der Waals surface area contributed by atoms with E-state index in [-0.39, 0.29) is 30.1 Å². The Labute approximate surface area is 130 Å². The van der Waals surface area contributed by atoms with Crippen LogP contribution in [0.25, 0.3) is 0 Å². The minimum absolute atomic E-state index is 0.0638. The Hall–Kier alpha value is -2.17. The first-order valence-electron chi connectivity index (χ1n) is 7.75. The molecule has 1 aromatic rings. The molecule has 0 radical (unpaired) electrons. The van der Waals surface area contributed by atoms with Gasteiger partial charge in [0.25, 0.3) is 0 Å². The predicted octanol–water partition coefficient (Wildman–Crippen LogP) is 2.67. The number of hydrogen-bond acceptors (Lipinski definition) is 3. The molecule has 0 aliphatic heterocycles. The van der Waals surface area contributed by atoms with Gasteiger partial charge in [-0.15, -0.1) is 0 Å². The highest BCUT2D eigenvalue weighted by molar-refractivity contribution is 6.04. The van der Waals surface area contributed by atoms with Crippen molar-refractivity contribution >= 4 is 23.3 Å². The summed E-state index contributed by atoms with van der Waals surface area (Å²) in [7, 11) is 0. The van der Waals surface area contributed by atoms with E-state index in [0.29, 0.717) is 11.3 Å². The number of ketones is 1. The third-order valence-corrected chi connectivity index (χ3v) is 3.84. The fourth-order valence-electron chi connectivity index (χ4n) is 2.69. The fraction of sp³-hybridized carbons (Fsp3) is 0.471. The van der Waals surface area contributed by atoms with E-state index in [1.807, 2.05) is 0 Å². The molecule has 2 N–H and O–H groups in total. The fourth-order valence-corrected chi connectivity index (χ4v) is 2.69. The number of rotatable bonds is 5. The van der Waals surface area contributed by atoms with Gasteiger partial charge < -0.3 is 10.6 Å². The minimum atomic E-state index is -0.367. The lowest BCUT2D eigenvalue weighted by Crippen LogP contribution is -2.37. The topological polar surface area (TPSA) is 75.3 Å². The maximum Gasteiger partial charge on any atom is 0.233 e. The zero-order valence-electron chi connectivity index (χ0n) is 12.9. The summed E-state index contributed by atoms with van der Waals surface area (Å²) in [6.07, 6.45) is 5.28. The Morgan fingerprint density at radius 3 is 2.50 bits per heavy atom. The Kier molecular flexibility index (Phi) is 5.69. The van der Waals surface area contributed by atoms with Crippen LogP contribution in [0.1, 0.15) is 55.8 Å². The van der Waals surface area contributed by atoms with Crippen molar-refractivity contribution in [1.29, 1.82) is 0 Å². The quantitative estimate of drug-likeness (QED) is 0.648. The SMILES string of the molecule is CC(=O)c1cccc(NC(=O)CC(=O)NC2CCCCC2)c1. The van der Waals surface area contributed by atoms with E-state index < -0.39 is 0 Å². The molecule has 5 nitrogen and oxygen atoms in total. The van der Waals surface area contributed by atoms with E-state index in [1.54, 1.807) is 24.3 Å². The van der Waals surface area contributed by atoms with Gasteiger partial charge in [0.05, 0.1) is 0 Å². The van der Waals surface area contributed by atoms with Gasteiger partial charge in [0.15, 0.2) is 5.78 Å². The molecule has 1 aromatic carbocycles. The molecule has 5 heteroatoms. The molecule has 2 amide bonds. The molecule has 0 heterocycles. The average molecular weight is 302 g/mol. The number of benzene rings is 1. The number of amides is 2. The summed E-state index contributed by atoms with van der Waals surface area (Å²) in [5.74, 6) is -0.674. The van der Waals surface area contributed by atoms with Crippen LogP contribution in [-0.2, 0) is 9.59 Å². The molecule has 0 spiro atoms. The molecule has 1 aliphatic carbocycles. The first kappa shape index (κ1) is 16.2. The molecule has 118 valence electrons. The molecule has 1 fully saturated rings. The molecule has 0 bridgehead atoms. The van der Waals surface area contributed by atoms with E-state index in [9.17, 15) is 14.4 Å². The second-order valence-electron chi connectivity index (χ2n) is 5.76. The Morgan fingerprint density at radius 2 is 1.82 bits per heavy atom. The summed E-state index contributed by atoms with van der Waals surface area (Å²) in [5, 5.41) is 5.56. The Balaban J connectivity index is 1.83. The highest BCUT2D eigenvalue weighted by Crippen LogP contribution is 2.17. The van der Waals surface area contributed by atoms with Crippen LogP contribution in [0.2, 0.25) is 0 Å². The first-order valence-corrected chi connectivity index (χ1v) is 7.75. The largest absolute Gasteiger partial charge is 0.353 e. The summed E-state index contributed by atoms with van der Waals surface area (Å²) in [5.41, 5.74) is 1.06. The van der Waals surface area contributed by atoms with E-state index in [0.717, 1.165) is 25.7 Å². The van der Waals surface area contributed by atoms with Crippen molar-refractivity contribution in [3.8, 4) is 0 Å². The predicted molar refractivity (Wildman–Crippen MR) is 84.7 cm³/mol. The van der Waals surface area contributed by atoms with Crippen molar-refractivity contribution in [3.05, 3.63) is 29.8 Å². The Morgan fingerprint density at radius 1 is 1.09 bits per heavy atom. The molecule has 0 saturated heterocycles. The van der Waals surface area contributed by atoms with Crippen LogP contribution in [0, 0.1) is 0 Å². The van der Waals surface area contributed by atoms with Gasteiger partial charge in [0, 0.05) is 17.3 Å². The van der Waals surface area contributed by atoms with Crippen molar-refractivity contribution in [1.82, 2.24) is 5.32 Å². The molecule has 0 unspecified atom stereocenters. The number of hydrogen-bond donors (Lipinski definition) is 2. The highest BCUT2D eigenvalue weighted by Gasteiger charge is 2.17. The van der Waals surface area contributed by atoms with E-state index >= 15 is 0 Å². The van der Waals surface area contributed by atoms with E-state index in [1.165, 1.54) is 13.3 Å². The number of carbonyl (C=O) groups excluding carboxylic acids is 3. The summed E-state index contributed by atoms with van der Waals surface area (Å²) >= 11 is 0. The van der Waals surface area contributed by atoms with Crippen LogP contribution in [0.5, 0.6) is 0 Å². The Bertz CT molecular complexity index is 563. The third kappa shape index (κ3) is 4.98. The lowest BCUT2D eigenvalue weighted by Gasteiger charge is -2.22. The van der Waals surface area contributed by atoms with Crippen molar-refractivity contribution in [3.63, 3.8) is 0 Å². The van der Waals surface area contributed by atoms with Crippen molar-refractivity contribution < 1.29 is 14.4 Å². The molecule has 0 aromatic heterocycles. The van der Waals surface area contributed by atoms with Crippen molar-refractivity contribution in [2.75, 3.05) is 5.32 Å². The van der Waals surface area contributed by atoms with Gasteiger partial charge in [-0.25, -0.2) is 0 Å². The van der Waals surface area contributed by atoms with Crippen molar-refractivity contribution in [2.45, 2.75) is 51.5 Å². The average Bonchev–Trinajstić information content (AvgIpc) is 2.48. The van der Waals surface area contributed by atoms with Gasteiger partial charge in [-0.1, -0.05) is 31.4 Å². The van der Waals surface area contributed by atoms with Gasteiger partial charge in [-0.05, 0) is 31.9 Å². The van der Waals surface area contributed by atoms with Crippen LogP contribution in [-0.4, -0.2) is 23.6 Å². The normalized spacial score (nSPS) is 15.1. The highest BCUT2D eigenvalue weighted by atomic mass is 16.2. The molecule has 0 atom stereocenters. The summed E-state index contributed by atoms with van der Waals surface area (Å²) in [6.45, 7) is 1.47. The van der Waals surface area contributed by atoms with E-state index in [4.69, 9.17) is 0 Å². The molecular weight excluding hydrogens is 280 g/mol. The summed E-state index contributed by atoms with van der Waals surface area (Å²) in [4.78, 5) is 35.1. The monoisotopic (exact) mass is 302 g/mol. The molecule has 1 aliphatic rings. The lowest BCUT2D eigenvalue weighted by molar-refractivity contribution is -0.127. The second kappa shape index (κ2) is 7.73. The molecular formula is C17H22N2O3. The number of Topliss-reactive ketones (excluding diaryl/α,β-unsaturated/α-hetero) is 1. The van der Waals surface area contributed by atoms with Gasteiger partial charge in [-0.3, -0.25) is 14.4 Å². The smallest absolute Gasteiger partial charge is 0.233 e. The first-order chi connectivity index (χ1) is 10.5. The summed E-state index contributed by atoms with van der Waals surface area (Å²) < 4.78 is 0. The zero-order valence-corrected chi connectivity index (χ0v) is 12.9. The third-order valence-electron chi connectivity index (χ3n) is 3.84. The van der Waals surface area contributed by atoms with Gasteiger partial charge in [0.1, 0.15) is 6.42 Å². The van der Waals surface area contributed by atoms with Crippen LogP contribution in [0.4, 0.5) is 5.69 Å². The number of carbonyl (C=O) groups is 3. The molecule has 2 rings (SSSR count). The van der Waals surface area contributed by atoms with Crippen LogP contribution >= 0.6 is 0 Å². The molecule has 22 heavy (non-hydrogen) atoms. The van der Waals surface area contributed by atoms with E-state index in [2.05, 4.69) is 10.6 Å². The number of nitrogens with one attached hydrogen (secondary N) is 2. The maximum atomic E-state index is 11.9. The second-order valence-corrected chi connectivity index (χ2v) is 5.76. The standard InChI is InChI=1S/C17H22N2O3/c1-12(20)13-6-5-9-15(10-13)19-17(22)11-16(21)18-14-7-3-2-4-8-14/h5-6,9-10,14H,2-4,7-8,11H2,1H3,(H,18,21)(H,19,22). The zero-order chi connectivity index (χ0) is 15.9. The van der Waals surface area contributed by atoms with Crippen LogP contribution in [0.3, 0.4) is 0 Å². The van der Waals surface area contributed by atoms with Gasteiger partial charge in [0.2, 0.25) is 11.8 Å². The summed E-state index contributed by atoms with van der Waals surface area (Å²) in [6, 6.07) is 6.90. The minimum Gasteiger partial charge on any atom is -0.353 e. The lowest BCUT2D eigenvalue weighted by atomic mass is 9.95. The van der Waals surface area contributed by atoms with Crippen LogP contribution in [0.15, 0.2) is 24.3 Å². The van der Waals surface area contributed by atoms with Crippen LogP contribution < -0.4 is 10.6 Å².